The average Bonchev–Trinajstić information content (AvgIpc) is 2.97. The minimum Gasteiger partial charge on any atom is -0.342 e. The van der Waals surface area contributed by atoms with Crippen LogP contribution in [0.25, 0.3) is 11.0 Å². The Morgan fingerprint density at radius 2 is 1.97 bits per heavy atom. The second-order valence-electron chi connectivity index (χ2n) is 8.06. The first-order chi connectivity index (χ1) is 13.4. The number of fused-ring (bicyclic) bond motifs is 1. The van der Waals surface area contributed by atoms with E-state index in [1.807, 2.05) is 4.90 Å². The summed E-state index contributed by atoms with van der Waals surface area (Å²) in [6.07, 6.45) is -2.27. The van der Waals surface area contributed by atoms with E-state index in [1.54, 1.807) is 0 Å². The lowest BCUT2D eigenvalue weighted by Gasteiger charge is -2.33. The molecule has 2 aromatic rings. The summed E-state index contributed by atoms with van der Waals surface area (Å²) in [7, 11) is 0. The first kappa shape index (κ1) is 21.8. The van der Waals surface area contributed by atoms with E-state index >= 15 is 0 Å². The number of alkyl halides is 3. The van der Waals surface area contributed by atoms with E-state index in [-0.39, 0.29) is 11.6 Å². The molecule has 1 amide bonds. The Morgan fingerprint density at radius 3 is 2.59 bits per heavy atom. The number of carbonyl (C=O) groups excluding carboxylic acids is 1. The fraction of sp³-hybridized carbons (Fsp3) is 0.579. The highest BCUT2D eigenvalue weighted by Gasteiger charge is 2.48. The van der Waals surface area contributed by atoms with Crippen molar-refractivity contribution in [3.63, 3.8) is 0 Å². The van der Waals surface area contributed by atoms with E-state index in [0.717, 1.165) is 32.5 Å². The molecule has 160 valence electrons. The number of nitrogens with zero attached hydrogens (tertiary/aromatic N) is 2. The third kappa shape index (κ3) is 5.19. The molecule has 1 aliphatic heterocycles. The number of amides is 1. The van der Waals surface area contributed by atoms with Gasteiger partial charge in [-0.15, -0.1) is 0 Å². The number of H-pyrrole nitrogens is 1. The lowest BCUT2D eigenvalue weighted by molar-refractivity contribution is -0.188. The monoisotopic (exact) mass is 434 g/mol. The van der Waals surface area contributed by atoms with Crippen LogP contribution in [0.2, 0.25) is 5.02 Å². The zero-order chi connectivity index (χ0) is 21.4. The summed E-state index contributed by atoms with van der Waals surface area (Å²) >= 11 is 6.02. The van der Waals surface area contributed by atoms with Gasteiger partial charge in [-0.25, -0.2) is 9.37 Å². The van der Waals surface area contributed by atoms with Crippen molar-refractivity contribution in [3.05, 3.63) is 28.8 Å². The smallest absolute Gasteiger partial charge is 0.342 e. The van der Waals surface area contributed by atoms with Gasteiger partial charge in [-0.3, -0.25) is 9.69 Å². The van der Waals surface area contributed by atoms with Gasteiger partial charge in [-0.05, 0) is 57.8 Å². The Labute approximate surface area is 170 Å². The normalized spacial score (nSPS) is 17.1. The minimum atomic E-state index is -4.51. The van der Waals surface area contributed by atoms with Crippen molar-refractivity contribution in [1.29, 1.82) is 0 Å². The Balaban J connectivity index is 1.51. The van der Waals surface area contributed by atoms with E-state index in [0.29, 0.717) is 36.5 Å². The highest BCUT2D eigenvalue weighted by atomic mass is 35.5. The number of aromatic nitrogens is 2. The van der Waals surface area contributed by atoms with Gasteiger partial charge in [0.15, 0.2) is 0 Å². The first-order valence-corrected chi connectivity index (χ1v) is 9.76. The van der Waals surface area contributed by atoms with Crippen LogP contribution in [-0.4, -0.2) is 52.1 Å². The van der Waals surface area contributed by atoms with Crippen molar-refractivity contribution in [3.8, 4) is 0 Å². The molecule has 1 aromatic heterocycles. The van der Waals surface area contributed by atoms with Crippen molar-refractivity contribution in [2.24, 2.45) is 5.92 Å². The Morgan fingerprint density at radius 1 is 1.31 bits per heavy atom. The van der Waals surface area contributed by atoms with Gasteiger partial charge in [0.2, 0.25) is 5.91 Å². The average molecular weight is 435 g/mol. The van der Waals surface area contributed by atoms with Gasteiger partial charge in [0, 0.05) is 6.42 Å². The molecule has 5 nitrogen and oxygen atoms in total. The van der Waals surface area contributed by atoms with Crippen molar-refractivity contribution >= 4 is 28.5 Å². The highest BCUT2D eigenvalue weighted by molar-refractivity contribution is 6.34. The number of piperidine rings is 1. The molecular weight excluding hydrogens is 412 g/mol. The van der Waals surface area contributed by atoms with E-state index in [2.05, 4.69) is 15.3 Å². The number of hydrogen-bond acceptors (Lipinski definition) is 3. The number of aromatic amines is 1. The van der Waals surface area contributed by atoms with Crippen LogP contribution in [0, 0.1) is 11.7 Å². The van der Waals surface area contributed by atoms with E-state index in [1.165, 1.54) is 12.1 Å². The molecule has 0 bridgehead atoms. The number of carbonyl (C=O) groups is 1. The van der Waals surface area contributed by atoms with Gasteiger partial charge in [-0.1, -0.05) is 11.6 Å². The number of benzene rings is 1. The summed E-state index contributed by atoms with van der Waals surface area (Å²) in [5.74, 6) is -0.0431. The largest absolute Gasteiger partial charge is 0.410 e. The second-order valence-corrected chi connectivity index (χ2v) is 8.47. The lowest BCUT2D eigenvalue weighted by atomic mass is 9.93. The van der Waals surface area contributed by atoms with Gasteiger partial charge in [-0.2, -0.15) is 13.2 Å². The molecule has 2 heterocycles. The number of rotatable bonds is 5. The number of hydrogen-bond donors (Lipinski definition) is 2. The quantitative estimate of drug-likeness (QED) is 0.697. The van der Waals surface area contributed by atoms with E-state index in [9.17, 15) is 22.4 Å². The van der Waals surface area contributed by atoms with Gasteiger partial charge in [0.25, 0.3) is 0 Å². The minimum absolute atomic E-state index is 0.0637. The summed E-state index contributed by atoms with van der Waals surface area (Å²) in [4.78, 5) is 21.4. The molecule has 0 aliphatic carbocycles. The molecule has 1 aliphatic rings. The molecule has 10 heteroatoms. The van der Waals surface area contributed by atoms with Crippen LogP contribution < -0.4 is 5.32 Å². The summed E-state index contributed by atoms with van der Waals surface area (Å²) in [6.45, 7) is 3.05. The summed E-state index contributed by atoms with van der Waals surface area (Å²) in [6, 6.07) is 2.57. The number of nitrogens with one attached hydrogen (secondary N) is 2. The molecule has 0 unspecified atom stereocenters. The topological polar surface area (TPSA) is 61.0 Å². The zero-order valence-corrected chi connectivity index (χ0v) is 16.9. The Kier molecular flexibility index (Phi) is 6.10. The molecule has 0 saturated carbocycles. The van der Waals surface area contributed by atoms with Crippen LogP contribution in [0.15, 0.2) is 12.1 Å². The van der Waals surface area contributed by atoms with E-state index in [4.69, 9.17) is 11.6 Å². The van der Waals surface area contributed by atoms with Crippen molar-refractivity contribution in [2.75, 3.05) is 19.6 Å². The van der Waals surface area contributed by atoms with Crippen LogP contribution in [0.5, 0.6) is 0 Å². The standard InChI is InChI=1S/C19H23ClF4N4O/c1-18(2,19(22,23)24)27-16(29)10-28-5-3-11(4-6-28)7-15-25-14-9-12(21)8-13(20)17(14)26-15/h8-9,11H,3-7,10H2,1-2H3,(H,25,26)(H,27,29). The molecule has 3 rings (SSSR count). The summed E-state index contributed by atoms with van der Waals surface area (Å²) < 4.78 is 52.1. The molecule has 29 heavy (non-hydrogen) atoms. The number of likely N-dealkylation sites (tertiary alicyclic amines) is 1. The fourth-order valence-corrected chi connectivity index (χ4v) is 3.72. The summed E-state index contributed by atoms with van der Waals surface area (Å²) in [5.41, 5.74) is -1.18. The third-order valence-electron chi connectivity index (χ3n) is 5.27. The second kappa shape index (κ2) is 8.10. The Bertz CT molecular complexity index is 888. The van der Waals surface area contributed by atoms with Gasteiger partial charge in [0.05, 0.1) is 17.1 Å². The van der Waals surface area contributed by atoms with Crippen molar-refractivity contribution in [1.82, 2.24) is 20.2 Å². The third-order valence-corrected chi connectivity index (χ3v) is 5.56. The molecule has 0 radical (unpaired) electrons. The maximum Gasteiger partial charge on any atom is 0.410 e. The van der Waals surface area contributed by atoms with Gasteiger partial charge >= 0.3 is 6.18 Å². The molecule has 0 atom stereocenters. The summed E-state index contributed by atoms with van der Waals surface area (Å²) in [5, 5.41) is 2.31. The number of imidazole rings is 1. The molecule has 2 N–H and O–H groups in total. The van der Waals surface area contributed by atoms with Crippen molar-refractivity contribution in [2.45, 2.75) is 44.8 Å². The first-order valence-electron chi connectivity index (χ1n) is 9.38. The number of halogens is 5. The zero-order valence-electron chi connectivity index (χ0n) is 16.2. The van der Waals surface area contributed by atoms with Gasteiger partial charge < -0.3 is 10.3 Å². The van der Waals surface area contributed by atoms with Crippen LogP contribution >= 0.6 is 11.6 Å². The predicted octanol–water partition coefficient (Wildman–Crippen LogP) is 4.07. The predicted molar refractivity (Wildman–Crippen MR) is 102 cm³/mol. The molecule has 0 spiro atoms. The van der Waals surface area contributed by atoms with E-state index < -0.39 is 23.4 Å². The molecule has 1 aromatic carbocycles. The van der Waals surface area contributed by atoms with Crippen LogP contribution in [-0.2, 0) is 11.2 Å². The van der Waals surface area contributed by atoms with Crippen LogP contribution in [0.4, 0.5) is 17.6 Å². The maximum absolute atomic E-state index is 13.4. The van der Waals surface area contributed by atoms with Crippen LogP contribution in [0.3, 0.4) is 0 Å². The van der Waals surface area contributed by atoms with Gasteiger partial charge in [0.1, 0.15) is 22.7 Å². The SMILES string of the molecule is CC(C)(NC(=O)CN1CCC(Cc2nc3c(Cl)cc(F)cc3[nH]2)CC1)C(F)(F)F. The lowest BCUT2D eigenvalue weighted by Crippen LogP contribution is -2.56. The molecule has 1 saturated heterocycles. The molecule has 1 fully saturated rings. The molecular formula is C19H23ClF4N4O. The van der Waals surface area contributed by atoms with Crippen LogP contribution in [0.1, 0.15) is 32.5 Å². The Hall–Kier alpha value is -1.87. The van der Waals surface area contributed by atoms with Crippen molar-refractivity contribution < 1.29 is 22.4 Å². The maximum atomic E-state index is 13.4. The highest BCUT2D eigenvalue weighted by Crippen LogP contribution is 2.29. The fourth-order valence-electron chi connectivity index (χ4n) is 3.47.